The molecule has 1 rings (SSSR count). The van der Waals surface area contributed by atoms with Crippen molar-refractivity contribution < 1.29 is 9.47 Å². The third kappa shape index (κ3) is 1.97. The van der Waals surface area contributed by atoms with Crippen molar-refractivity contribution in [1.29, 1.82) is 0 Å². The number of ether oxygens (including phenoxy) is 2. The smallest absolute Gasteiger partial charge is 0.177 e. The van der Waals surface area contributed by atoms with Crippen LogP contribution in [0, 0.1) is 0 Å². The number of allylic oxidation sites excluding steroid dienone is 1. The highest BCUT2D eigenvalue weighted by Gasteiger charge is 2.22. The summed E-state index contributed by atoms with van der Waals surface area (Å²) in [5, 5.41) is 0. The number of hydrogen-bond donors (Lipinski definition) is 0. The number of rotatable bonds is 2. The lowest BCUT2D eigenvalue weighted by Crippen LogP contribution is -2.12. The fourth-order valence-electron chi connectivity index (χ4n) is 0.809. The lowest BCUT2D eigenvalue weighted by molar-refractivity contribution is -0.0156. The highest BCUT2D eigenvalue weighted by atomic mass is 35.5. The highest BCUT2D eigenvalue weighted by molar-refractivity contribution is 6.18. The van der Waals surface area contributed by atoms with Gasteiger partial charge >= 0.3 is 0 Å². The van der Waals surface area contributed by atoms with Crippen molar-refractivity contribution in [3.05, 3.63) is 12.2 Å². The molecular formula is C7H11ClO2. The first-order valence-electron chi connectivity index (χ1n) is 3.32. The molecule has 0 N–H and O–H groups in total. The second kappa shape index (κ2) is 3.96. The van der Waals surface area contributed by atoms with Crippen LogP contribution in [0.25, 0.3) is 0 Å². The summed E-state index contributed by atoms with van der Waals surface area (Å²) in [5.41, 5.74) is 0. The molecule has 2 atom stereocenters. The minimum Gasteiger partial charge on any atom is -0.346 e. The van der Waals surface area contributed by atoms with Crippen molar-refractivity contribution in [2.24, 2.45) is 0 Å². The third-order valence-electron chi connectivity index (χ3n) is 1.29. The fourth-order valence-corrected chi connectivity index (χ4v) is 0.971. The molecule has 0 bridgehead atoms. The van der Waals surface area contributed by atoms with Crippen LogP contribution in [-0.4, -0.2) is 24.9 Å². The Balaban J connectivity index is 2.28. The van der Waals surface area contributed by atoms with Crippen molar-refractivity contribution in [1.82, 2.24) is 0 Å². The average Bonchev–Trinajstić information content (AvgIpc) is 2.37. The van der Waals surface area contributed by atoms with Gasteiger partial charge in [0.15, 0.2) is 6.29 Å². The molecule has 1 aliphatic rings. The zero-order valence-electron chi connectivity index (χ0n) is 5.92. The summed E-state index contributed by atoms with van der Waals surface area (Å²) in [6.07, 6.45) is 3.67. The molecule has 0 radical (unpaired) electrons. The van der Waals surface area contributed by atoms with Gasteiger partial charge in [-0.25, -0.2) is 0 Å². The van der Waals surface area contributed by atoms with Gasteiger partial charge in [0.05, 0.1) is 18.6 Å². The molecule has 0 aliphatic carbocycles. The molecule has 0 saturated carbocycles. The van der Waals surface area contributed by atoms with Crippen LogP contribution in [0.15, 0.2) is 12.2 Å². The molecule has 1 saturated heterocycles. The zero-order chi connectivity index (χ0) is 7.40. The molecule has 1 aliphatic heterocycles. The SMILES string of the molecule is C/C=C/[C@@H]1OC[C@H](CCl)O1. The Morgan fingerprint density at radius 2 is 2.50 bits per heavy atom. The normalized spacial score (nSPS) is 33.8. The van der Waals surface area contributed by atoms with Crippen LogP contribution in [0.1, 0.15) is 6.92 Å². The second-order valence-corrected chi connectivity index (χ2v) is 2.45. The molecule has 0 aromatic heterocycles. The van der Waals surface area contributed by atoms with Gasteiger partial charge in [0.2, 0.25) is 0 Å². The van der Waals surface area contributed by atoms with Crippen LogP contribution in [0.4, 0.5) is 0 Å². The van der Waals surface area contributed by atoms with Gasteiger partial charge in [-0.3, -0.25) is 0 Å². The Morgan fingerprint density at radius 3 is 3.00 bits per heavy atom. The first-order valence-corrected chi connectivity index (χ1v) is 3.86. The standard InChI is InChI=1S/C7H11ClO2/c1-2-3-7-9-5-6(4-8)10-7/h2-3,6-7H,4-5H2,1H3/b3-2+/t6-,7+/m0/s1. The van der Waals surface area contributed by atoms with Crippen molar-refractivity contribution in [3.63, 3.8) is 0 Å². The summed E-state index contributed by atoms with van der Waals surface area (Å²) in [7, 11) is 0. The Hall–Kier alpha value is -0.0500. The van der Waals surface area contributed by atoms with E-state index < -0.39 is 0 Å². The van der Waals surface area contributed by atoms with E-state index in [1.807, 2.05) is 19.1 Å². The van der Waals surface area contributed by atoms with Crippen LogP contribution >= 0.6 is 11.6 Å². The molecule has 0 aromatic rings. The Labute approximate surface area is 65.8 Å². The number of halogens is 1. The first kappa shape index (κ1) is 8.05. The van der Waals surface area contributed by atoms with Gasteiger partial charge in [-0.2, -0.15) is 0 Å². The molecule has 0 spiro atoms. The average molecular weight is 163 g/mol. The molecule has 0 unspecified atom stereocenters. The second-order valence-electron chi connectivity index (χ2n) is 2.14. The maximum Gasteiger partial charge on any atom is 0.177 e. The lowest BCUT2D eigenvalue weighted by atomic mass is 10.4. The Bertz CT molecular complexity index is 125. The van der Waals surface area contributed by atoms with Crippen LogP contribution < -0.4 is 0 Å². The van der Waals surface area contributed by atoms with E-state index in [9.17, 15) is 0 Å². The minimum absolute atomic E-state index is 0.0721. The van der Waals surface area contributed by atoms with E-state index in [4.69, 9.17) is 21.1 Å². The summed E-state index contributed by atoms with van der Waals surface area (Å²) in [6, 6.07) is 0. The largest absolute Gasteiger partial charge is 0.346 e. The van der Waals surface area contributed by atoms with E-state index in [0.29, 0.717) is 12.5 Å². The molecule has 10 heavy (non-hydrogen) atoms. The van der Waals surface area contributed by atoms with E-state index in [-0.39, 0.29) is 12.4 Å². The van der Waals surface area contributed by atoms with Crippen molar-refractivity contribution >= 4 is 11.6 Å². The van der Waals surface area contributed by atoms with Gasteiger partial charge < -0.3 is 9.47 Å². The molecule has 58 valence electrons. The Morgan fingerprint density at radius 1 is 1.70 bits per heavy atom. The van der Waals surface area contributed by atoms with Crippen molar-refractivity contribution in [3.8, 4) is 0 Å². The first-order chi connectivity index (χ1) is 4.86. The van der Waals surface area contributed by atoms with E-state index in [2.05, 4.69) is 0 Å². The maximum atomic E-state index is 5.54. The third-order valence-corrected chi connectivity index (χ3v) is 1.64. The van der Waals surface area contributed by atoms with E-state index in [1.54, 1.807) is 0 Å². The molecule has 1 heterocycles. The van der Waals surface area contributed by atoms with Crippen molar-refractivity contribution in [2.45, 2.75) is 19.3 Å². The summed E-state index contributed by atoms with van der Waals surface area (Å²) in [4.78, 5) is 0. The quantitative estimate of drug-likeness (QED) is 0.453. The summed E-state index contributed by atoms with van der Waals surface area (Å²) >= 11 is 5.54. The number of hydrogen-bond acceptors (Lipinski definition) is 2. The maximum absolute atomic E-state index is 5.54. The summed E-state index contributed by atoms with van der Waals surface area (Å²) in [6.45, 7) is 2.54. The minimum atomic E-state index is -0.172. The van der Waals surface area contributed by atoms with Gasteiger partial charge in [-0.05, 0) is 13.0 Å². The van der Waals surface area contributed by atoms with E-state index >= 15 is 0 Å². The van der Waals surface area contributed by atoms with Crippen molar-refractivity contribution in [2.75, 3.05) is 12.5 Å². The Kier molecular flexibility index (Phi) is 3.19. The topological polar surface area (TPSA) is 18.5 Å². The van der Waals surface area contributed by atoms with Crippen LogP contribution in [0.3, 0.4) is 0 Å². The molecule has 0 amide bonds. The molecular weight excluding hydrogens is 152 g/mol. The lowest BCUT2D eigenvalue weighted by Gasteiger charge is -2.03. The predicted octanol–water partition coefficient (Wildman–Crippen LogP) is 1.54. The van der Waals surface area contributed by atoms with Gasteiger partial charge in [0.25, 0.3) is 0 Å². The number of alkyl halides is 1. The molecule has 2 nitrogen and oxygen atoms in total. The predicted molar refractivity (Wildman–Crippen MR) is 40.1 cm³/mol. The monoisotopic (exact) mass is 162 g/mol. The summed E-state index contributed by atoms with van der Waals surface area (Å²) in [5.74, 6) is 0.508. The highest BCUT2D eigenvalue weighted by Crippen LogP contribution is 2.13. The zero-order valence-corrected chi connectivity index (χ0v) is 6.67. The van der Waals surface area contributed by atoms with Gasteiger partial charge in [0.1, 0.15) is 0 Å². The molecule has 0 aromatic carbocycles. The van der Waals surface area contributed by atoms with Gasteiger partial charge in [-0.1, -0.05) is 6.08 Å². The van der Waals surface area contributed by atoms with Crippen LogP contribution in [-0.2, 0) is 9.47 Å². The summed E-state index contributed by atoms with van der Waals surface area (Å²) < 4.78 is 10.5. The van der Waals surface area contributed by atoms with Gasteiger partial charge in [0, 0.05) is 0 Å². The van der Waals surface area contributed by atoms with Crippen LogP contribution in [0.2, 0.25) is 0 Å². The van der Waals surface area contributed by atoms with Gasteiger partial charge in [-0.15, -0.1) is 11.6 Å². The molecule has 3 heteroatoms. The van der Waals surface area contributed by atoms with Crippen LogP contribution in [0.5, 0.6) is 0 Å². The fraction of sp³-hybridized carbons (Fsp3) is 0.714. The van der Waals surface area contributed by atoms with E-state index in [1.165, 1.54) is 0 Å². The molecule has 1 fully saturated rings. The van der Waals surface area contributed by atoms with E-state index in [0.717, 1.165) is 0 Å².